The van der Waals surface area contributed by atoms with Crippen LogP contribution in [-0.2, 0) is 44.7 Å². The Morgan fingerprint density at radius 1 is 0.650 bits per heavy atom. The van der Waals surface area contributed by atoms with Gasteiger partial charge >= 0.3 is 11.9 Å². The number of aryl methyl sites for hydroxylation is 4. The van der Waals surface area contributed by atoms with Gasteiger partial charge in [0.1, 0.15) is 37.9 Å². The largest absolute Gasteiger partial charge is 0.489 e. The van der Waals surface area contributed by atoms with E-state index in [1.807, 2.05) is 26.0 Å². The zero-order valence-electron chi connectivity index (χ0n) is 24.4. The molecule has 0 spiro atoms. The minimum atomic E-state index is -0.463. The van der Waals surface area contributed by atoms with Crippen LogP contribution >= 0.6 is 0 Å². The molecule has 0 atom stereocenters. The first-order valence-corrected chi connectivity index (χ1v) is 13.5. The van der Waals surface area contributed by atoms with Crippen LogP contribution in [0.5, 0.6) is 11.5 Å². The van der Waals surface area contributed by atoms with E-state index in [1.54, 1.807) is 0 Å². The average Bonchev–Trinajstić information content (AvgIpc) is 2.93. The Morgan fingerprint density at radius 2 is 1.02 bits per heavy atom. The standard InChI is InChI=1S/C34H42O6/c1-9-13-29-25(7)33(39-19-17-37-31(35)11-3)23(5)21-27(29)15-16-28-22-24(6)34(26(8)30(28)14-10-2)40-20-18-38-32(36)12-4/h9-12,21-22H,1-4,13-20H2,5-8H3. The van der Waals surface area contributed by atoms with E-state index < -0.39 is 11.9 Å². The normalized spacial score (nSPS) is 10.4. The lowest BCUT2D eigenvalue weighted by molar-refractivity contribution is -0.139. The van der Waals surface area contributed by atoms with E-state index in [0.29, 0.717) is 0 Å². The summed E-state index contributed by atoms with van der Waals surface area (Å²) >= 11 is 0. The van der Waals surface area contributed by atoms with Crippen molar-refractivity contribution in [2.45, 2.75) is 53.4 Å². The van der Waals surface area contributed by atoms with E-state index in [1.165, 1.54) is 22.3 Å². The van der Waals surface area contributed by atoms with Crippen LogP contribution in [0.4, 0.5) is 0 Å². The van der Waals surface area contributed by atoms with Crippen LogP contribution in [0.15, 0.2) is 62.8 Å². The molecule has 0 heterocycles. The Bertz CT molecular complexity index is 1160. The first kappa shape index (κ1) is 32.2. The van der Waals surface area contributed by atoms with Crippen molar-refractivity contribution in [3.05, 3.63) is 107 Å². The summed E-state index contributed by atoms with van der Waals surface area (Å²) in [6.07, 6.45) is 9.25. The summed E-state index contributed by atoms with van der Waals surface area (Å²) in [6.45, 7) is 23.8. The number of allylic oxidation sites excluding steroid dienone is 2. The van der Waals surface area contributed by atoms with Gasteiger partial charge in [-0.05, 0) is 97.9 Å². The Morgan fingerprint density at radius 3 is 1.35 bits per heavy atom. The average molecular weight is 547 g/mol. The Kier molecular flexibility index (Phi) is 13.0. The Labute approximate surface area is 239 Å². The topological polar surface area (TPSA) is 71.1 Å². The van der Waals surface area contributed by atoms with Gasteiger partial charge in [-0.2, -0.15) is 0 Å². The van der Waals surface area contributed by atoms with Gasteiger partial charge in [-0.3, -0.25) is 0 Å². The van der Waals surface area contributed by atoms with Gasteiger partial charge in [0.15, 0.2) is 0 Å². The maximum atomic E-state index is 11.3. The molecule has 0 unspecified atom stereocenters. The van der Waals surface area contributed by atoms with Crippen molar-refractivity contribution >= 4 is 11.9 Å². The molecule has 0 aliphatic rings. The fraction of sp³-hybridized carbons (Fsp3) is 0.353. The van der Waals surface area contributed by atoms with Crippen molar-refractivity contribution in [3.63, 3.8) is 0 Å². The highest BCUT2D eigenvalue weighted by Gasteiger charge is 2.17. The third-order valence-corrected chi connectivity index (χ3v) is 6.70. The molecule has 0 aliphatic heterocycles. The zero-order valence-corrected chi connectivity index (χ0v) is 24.4. The maximum Gasteiger partial charge on any atom is 0.330 e. The molecule has 0 aliphatic carbocycles. The molecule has 0 saturated heterocycles. The summed E-state index contributed by atoms with van der Waals surface area (Å²) in [5.41, 5.74) is 9.13. The fourth-order valence-electron chi connectivity index (χ4n) is 4.88. The lowest BCUT2D eigenvalue weighted by Gasteiger charge is -2.21. The molecule has 0 radical (unpaired) electrons. The number of hydrogen-bond acceptors (Lipinski definition) is 6. The van der Waals surface area contributed by atoms with Crippen LogP contribution in [-0.4, -0.2) is 38.4 Å². The van der Waals surface area contributed by atoms with Gasteiger partial charge in [0.2, 0.25) is 0 Å². The smallest absolute Gasteiger partial charge is 0.330 e. The summed E-state index contributed by atoms with van der Waals surface area (Å²) in [5.74, 6) is 0.702. The van der Waals surface area contributed by atoms with E-state index >= 15 is 0 Å². The van der Waals surface area contributed by atoms with Gasteiger partial charge in [-0.25, -0.2) is 9.59 Å². The molecule has 2 rings (SSSR count). The molecule has 6 nitrogen and oxygen atoms in total. The maximum absolute atomic E-state index is 11.3. The third-order valence-electron chi connectivity index (χ3n) is 6.70. The third kappa shape index (κ3) is 8.73. The van der Waals surface area contributed by atoms with E-state index in [-0.39, 0.29) is 26.4 Å². The highest BCUT2D eigenvalue weighted by Crippen LogP contribution is 2.33. The van der Waals surface area contributed by atoms with Crippen molar-refractivity contribution in [2.75, 3.05) is 26.4 Å². The minimum absolute atomic E-state index is 0.159. The monoisotopic (exact) mass is 546 g/mol. The Balaban J connectivity index is 2.27. The Hall–Kier alpha value is -4.06. The van der Waals surface area contributed by atoms with Crippen LogP contribution in [0.25, 0.3) is 0 Å². The van der Waals surface area contributed by atoms with Crippen molar-refractivity contribution in [3.8, 4) is 11.5 Å². The summed E-state index contributed by atoms with van der Waals surface area (Å²) in [4.78, 5) is 22.6. The van der Waals surface area contributed by atoms with Crippen LogP contribution in [0.3, 0.4) is 0 Å². The second kappa shape index (κ2) is 16.1. The number of benzene rings is 2. The van der Waals surface area contributed by atoms with Gasteiger partial charge in [0, 0.05) is 12.2 Å². The van der Waals surface area contributed by atoms with Crippen molar-refractivity contribution < 1.29 is 28.5 Å². The predicted molar refractivity (Wildman–Crippen MR) is 160 cm³/mol. The molecule has 6 heteroatoms. The molecule has 0 bridgehead atoms. The van der Waals surface area contributed by atoms with Gasteiger partial charge in [-0.1, -0.05) is 37.4 Å². The molecule has 40 heavy (non-hydrogen) atoms. The van der Waals surface area contributed by atoms with Gasteiger partial charge in [-0.15, -0.1) is 13.2 Å². The van der Waals surface area contributed by atoms with Crippen LogP contribution < -0.4 is 9.47 Å². The molecular formula is C34H42O6. The van der Waals surface area contributed by atoms with E-state index in [4.69, 9.17) is 18.9 Å². The highest BCUT2D eigenvalue weighted by molar-refractivity contribution is 5.81. The van der Waals surface area contributed by atoms with Crippen molar-refractivity contribution in [1.82, 2.24) is 0 Å². The molecule has 0 N–H and O–H groups in total. The van der Waals surface area contributed by atoms with E-state index in [9.17, 15) is 9.59 Å². The summed E-state index contributed by atoms with van der Waals surface area (Å²) < 4.78 is 22.1. The number of hydrogen-bond donors (Lipinski definition) is 0. The van der Waals surface area contributed by atoms with Gasteiger partial charge in [0.25, 0.3) is 0 Å². The second-order valence-corrected chi connectivity index (χ2v) is 9.50. The molecule has 214 valence electrons. The SMILES string of the molecule is C=CCc1c(CCc2cc(C)c(OCCOC(=O)C=C)c(C)c2CC=C)cc(C)c(OCCOC(=O)C=C)c1C. The first-order valence-electron chi connectivity index (χ1n) is 13.5. The van der Waals surface area contributed by atoms with E-state index in [2.05, 4.69) is 52.3 Å². The highest BCUT2D eigenvalue weighted by atomic mass is 16.6. The summed E-state index contributed by atoms with van der Waals surface area (Å²) in [6, 6.07) is 4.37. The lowest BCUT2D eigenvalue weighted by atomic mass is 9.88. The van der Waals surface area contributed by atoms with E-state index in [0.717, 1.165) is 71.6 Å². The predicted octanol–water partition coefficient (Wildman–Crippen LogP) is 6.38. The fourth-order valence-corrected chi connectivity index (χ4v) is 4.88. The molecule has 0 aromatic heterocycles. The lowest BCUT2D eigenvalue weighted by Crippen LogP contribution is -2.13. The van der Waals surface area contributed by atoms with Crippen LogP contribution in [0.1, 0.15) is 44.5 Å². The summed E-state index contributed by atoms with van der Waals surface area (Å²) in [5, 5.41) is 0. The van der Waals surface area contributed by atoms with Crippen molar-refractivity contribution in [1.29, 1.82) is 0 Å². The molecule has 0 saturated carbocycles. The molecule has 0 fully saturated rings. The number of carbonyl (C=O) groups excluding carboxylic acids is 2. The van der Waals surface area contributed by atoms with Gasteiger partial charge in [0.05, 0.1) is 0 Å². The van der Waals surface area contributed by atoms with Crippen LogP contribution in [0.2, 0.25) is 0 Å². The number of esters is 2. The number of rotatable bonds is 17. The molecule has 0 amide bonds. The van der Waals surface area contributed by atoms with Crippen LogP contribution in [0, 0.1) is 27.7 Å². The number of ether oxygens (including phenoxy) is 4. The quantitative estimate of drug-likeness (QED) is 0.0993. The summed E-state index contributed by atoms with van der Waals surface area (Å²) in [7, 11) is 0. The van der Waals surface area contributed by atoms with Crippen molar-refractivity contribution in [2.24, 2.45) is 0 Å². The minimum Gasteiger partial charge on any atom is -0.489 e. The second-order valence-electron chi connectivity index (χ2n) is 9.50. The molecular weight excluding hydrogens is 504 g/mol. The van der Waals surface area contributed by atoms with Gasteiger partial charge < -0.3 is 18.9 Å². The zero-order chi connectivity index (χ0) is 29.7. The first-order chi connectivity index (χ1) is 19.2. The molecule has 2 aromatic rings. The molecule has 2 aromatic carbocycles. The number of carbonyl (C=O) groups is 2.